The number of aliphatic hydroxyl groups excluding tert-OH is 1. The Morgan fingerprint density at radius 2 is 1.78 bits per heavy atom. The Morgan fingerprint density at radius 3 is 2.39 bits per heavy atom. The van der Waals surface area contributed by atoms with Crippen LogP contribution in [0.5, 0.6) is 11.5 Å². The van der Waals surface area contributed by atoms with E-state index in [0.29, 0.717) is 18.3 Å². The number of aliphatic hydroxyl groups is 1. The van der Waals surface area contributed by atoms with Gasteiger partial charge in [0.25, 0.3) is 0 Å². The summed E-state index contributed by atoms with van der Waals surface area (Å²) in [6.45, 7) is 7.56. The van der Waals surface area contributed by atoms with E-state index in [9.17, 15) is 5.11 Å². The lowest BCUT2D eigenvalue weighted by molar-refractivity contribution is -0.0705. The number of benzene rings is 1. The van der Waals surface area contributed by atoms with E-state index in [1.807, 2.05) is 45.0 Å². The molecule has 1 saturated carbocycles. The highest BCUT2D eigenvalue weighted by atomic mass is 16.7. The Morgan fingerprint density at radius 1 is 1.13 bits per heavy atom. The fraction of sp³-hybridized carbons (Fsp3) is 0.667. The highest BCUT2D eigenvalue weighted by molar-refractivity contribution is 5.31. The normalized spacial score (nSPS) is 17.1. The quantitative estimate of drug-likeness (QED) is 0.613. The molecule has 0 amide bonds. The lowest BCUT2D eigenvalue weighted by atomic mass is 10.3. The van der Waals surface area contributed by atoms with Gasteiger partial charge in [0.2, 0.25) is 0 Å². The molecular formula is C18H29NO4. The molecule has 1 aromatic rings. The summed E-state index contributed by atoms with van der Waals surface area (Å²) in [5.41, 5.74) is 0. The smallest absolute Gasteiger partial charge is 0.196 e. The highest BCUT2D eigenvalue weighted by Crippen LogP contribution is 2.29. The first kappa shape index (κ1) is 18.0. The van der Waals surface area contributed by atoms with Crippen LogP contribution in [-0.4, -0.2) is 43.3 Å². The average molecular weight is 323 g/mol. The number of hydrogen-bond donors (Lipinski definition) is 2. The van der Waals surface area contributed by atoms with Gasteiger partial charge in [0, 0.05) is 12.6 Å². The fourth-order valence-electron chi connectivity index (χ4n) is 2.02. The second kappa shape index (κ2) is 9.11. The molecular weight excluding hydrogens is 294 g/mol. The molecule has 0 bridgehead atoms. The molecule has 130 valence electrons. The van der Waals surface area contributed by atoms with E-state index in [1.165, 1.54) is 12.8 Å². The summed E-state index contributed by atoms with van der Waals surface area (Å²) in [7, 11) is 0. The van der Waals surface area contributed by atoms with Crippen molar-refractivity contribution in [1.82, 2.24) is 5.32 Å². The average Bonchev–Trinajstić information content (AvgIpc) is 3.34. The van der Waals surface area contributed by atoms with Gasteiger partial charge in [0.1, 0.15) is 24.2 Å². The van der Waals surface area contributed by atoms with Crippen molar-refractivity contribution < 1.29 is 19.3 Å². The SMILES string of the molecule is CC(C)NCC(O)COc1ccc(OC(C)OCC2CC2)cc1. The molecule has 1 fully saturated rings. The number of nitrogens with one attached hydrogen (secondary N) is 1. The Kier molecular flexibility index (Phi) is 7.15. The van der Waals surface area contributed by atoms with Gasteiger partial charge in [-0.15, -0.1) is 0 Å². The summed E-state index contributed by atoms with van der Waals surface area (Å²) in [6.07, 6.45) is 1.78. The van der Waals surface area contributed by atoms with Gasteiger partial charge in [-0.3, -0.25) is 0 Å². The molecule has 0 spiro atoms. The second-order valence-corrected chi connectivity index (χ2v) is 6.46. The third kappa shape index (κ3) is 7.68. The first-order valence-corrected chi connectivity index (χ1v) is 8.45. The van der Waals surface area contributed by atoms with Crippen LogP contribution in [0, 0.1) is 5.92 Å². The van der Waals surface area contributed by atoms with E-state index in [-0.39, 0.29) is 12.9 Å². The van der Waals surface area contributed by atoms with Gasteiger partial charge in [-0.05, 0) is 49.9 Å². The van der Waals surface area contributed by atoms with E-state index in [4.69, 9.17) is 14.2 Å². The lowest BCUT2D eigenvalue weighted by Gasteiger charge is -2.16. The van der Waals surface area contributed by atoms with E-state index in [1.54, 1.807) is 0 Å². The van der Waals surface area contributed by atoms with Crippen molar-refractivity contribution in [3.63, 3.8) is 0 Å². The highest BCUT2D eigenvalue weighted by Gasteiger charge is 2.22. The minimum Gasteiger partial charge on any atom is -0.491 e. The van der Waals surface area contributed by atoms with Crippen molar-refractivity contribution >= 4 is 0 Å². The first-order chi connectivity index (χ1) is 11.0. The van der Waals surface area contributed by atoms with Crippen LogP contribution in [-0.2, 0) is 4.74 Å². The van der Waals surface area contributed by atoms with Gasteiger partial charge in [-0.25, -0.2) is 0 Å². The van der Waals surface area contributed by atoms with Crippen LogP contribution in [0.15, 0.2) is 24.3 Å². The summed E-state index contributed by atoms with van der Waals surface area (Å²) < 4.78 is 16.9. The maximum atomic E-state index is 9.81. The molecule has 0 aromatic heterocycles. The fourth-order valence-corrected chi connectivity index (χ4v) is 2.02. The third-order valence-electron chi connectivity index (χ3n) is 3.59. The molecule has 2 atom stereocenters. The molecule has 5 heteroatoms. The summed E-state index contributed by atoms with van der Waals surface area (Å²) in [5, 5.41) is 13.0. The zero-order chi connectivity index (χ0) is 16.7. The molecule has 2 N–H and O–H groups in total. The van der Waals surface area contributed by atoms with Crippen LogP contribution in [0.25, 0.3) is 0 Å². The topological polar surface area (TPSA) is 60.0 Å². The predicted molar refractivity (Wildman–Crippen MR) is 89.8 cm³/mol. The van der Waals surface area contributed by atoms with Crippen molar-refractivity contribution in [3.8, 4) is 11.5 Å². The standard InChI is InChI=1S/C18H29NO4/c1-13(2)19-10-16(20)12-22-17-6-8-18(9-7-17)23-14(3)21-11-15-4-5-15/h6-9,13-16,19-20H,4-5,10-12H2,1-3H3. The Balaban J connectivity index is 1.66. The Bertz CT molecular complexity index is 445. The van der Waals surface area contributed by atoms with E-state index < -0.39 is 6.10 Å². The molecule has 0 radical (unpaired) electrons. The van der Waals surface area contributed by atoms with Crippen molar-refractivity contribution in [2.45, 2.75) is 52.0 Å². The molecule has 2 unspecified atom stereocenters. The van der Waals surface area contributed by atoms with Crippen molar-refractivity contribution in [2.75, 3.05) is 19.8 Å². The zero-order valence-electron chi connectivity index (χ0n) is 14.3. The van der Waals surface area contributed by atoms with E-state index in [0.717, 1.165) is 18.3 Å². The van der Waals surface area contributed by atoms with E-state index >= 15 is 0 Å². The van der Waals surface area contributed by atoms with Gasteiger partial charge >= 0.3 is 0 Å². The Hall–Kier alpha value is -1.30. The second-order valence-electron chi connectivity index (χ2n) is 6.46. The first-order valence-electron chi connectivity index (χ1n) is 8.45. The maximum Gasteiger partial charge on any atom is 0.196 e. The minimum atomic E-state index is -0.524. The monoisotopic (exact) mass is 323 g/mol. The van der Waals surface area contributed by atoms with Crippen LogP contribution in [0.3, 0.4) is 0 Å². The number of ether oxygens (including phenoxy) is 3. The van der Waals surface area contributed by atoms with Crippen LogP contribution in [0.1, 0.15) is 33.6 Å². The third-order valence-corrected chi connectivity index (χ3v) is 3.59. The summed E-state index contributed by atoms with van der Waals surface area (Å²) in [6, 6.07) is 7.73. The summed E-state index contributed by atoms with van der Waals surface area (Å²) in [5.74, 6) is 2.20. The maximum absolute atomic E-state index is 9.81. The molecule has 0 heterocycles. The van der Waals surface area contributed by atoms with Crippen LogP contribution in [0.4, 0.5) is 0 Å². The summed E-state index contributed by atoms with van der Waals surface area (Å²) >= 11 is 0. The summed E-state index contributed by atoms with van der Waals surface area (Å²) in [4.78, 5) is 0. The molecule has 0 aliphatic heterocycles. The van der Waals surface area contributed by atoms with Gasteiger partial charge in [-0.2, -0.15) is 0 Å². The molecule has 1 aliphatic carbocycles. The number of rotatable bonds is 11. The lowest BCUT2D eigenvalue weighted by Crippen LogP contribution is -2.35. The van der Waals surface area contributed by atoms with Crippen molar-refractivity contribution in [3.05, 3.63) is 24.3 Å². The van der Waals surface area contributed by atoms with Gasteiger partial charge < -0.3 is 24.6 Å². The Labute approximate surface area is 138 Å². The van der Waals surface area contributed by atoms with Crippen LogP contribution in [0.2, 0.25) is 0 Å². The zero-order valence-corrected chi connectivity index (χ0v) is 14.3. The predicted octanol–water partition coefficient (Wildman–Crippen LogP) is 2.58. The van der Waals surface area contributed by atoms with Crippen molar-refractivity contribution in [1.29, 1.82) is 0 Å². The molecule has 1 aromatic carbocycles. The van der Waals surface area contributed by atoms with Gasteiger partial charge in [0.15, 0.2) is 6.29 Å². The molecule has 0 saturated heterocycles. The van der Waals surface area contributed by atoms with Gasteiger partial charge in [0.05, 0.1) is 6.61 Å². The molecule has 23 heavy (non-hydrogen) atoms. The number of hydrogen-bond acceptors (Lipinski definition) is 5. The molecule has 1 aliphatic rings. The van der Waals surface area contributed by atoms with Crippen molar-refractivity contribution in [2.24, 2.45) is 5.92 Å². The van der Waals surface area contributed by atoms with Gasteiger partial charge in [-0.1, -0.05) is 13.8 Å². The largest absolute Gasteiger partial charge is 0.491 e. The van der Waals surface area contributed by atoms with Crippen LogP contribution < -0.4 is 14.8 Å². The molecule has 5 nitrogen and oxygen atoms in total. The van der Waals surface area contributed by atoms with E-state index in [2.05, 4.69) is 5.32 Å². The molecule has 2 rings (SSSR count). The minimum absolute atomic E-state index is 0.244. The van der Waals surface area contributed by atoms with Crippen LogP contribution >= 0.6 is 0 Å².